The monoisotopic (exact) mass is 279 g/mol. The molecule has 1 spiro atoms. The summed E-state index contributed by atoms with van der Waals surface area (Å²) >= 11 is 1.81. The molecule has 19 heavy (non-hydrogen) atoms. The smallest absolute Gasteiger partial charge is 0.107 e. The Morgan fingerprint density at radius 3 is 2.84 bits per heavy atom. The quantitative estimate of drug-likeness (QED) is 0.902. The highest BCUT2D eigenvalue weighted by atomic mass is 32.1. The third-order valence-electron chi connectivity index (χ3n) is 4.83. The molecule has 2 aliphatic rings. The maximum Gasteiger partial charge on any atom is 0.107 e. The Morgan fingerprint density at radius 1 is 1.26 bits per heavy atom. The predicted octanol–water partition coefficient (Wildman–Crippen LogP) is 2.81. The van der Waals surface area contributed by atoms with Gasteiger partial charge in [0, 0.05) is 11.1 Å². The minimum absolute atomic E-state index is 0.652. The van der Waals surface area contributed by atoms with E-state index in [1.807, 2.05) is 11.3 Å². The van der Waals surface area contributed by atoms with Gasteiger partial charge in [0.25, 0.3) is 0 Å². The lowest BCUT2D eigenvalue weighted by Gasteiger charge is -2.37. The van der Waals surface area contributed by atoms with Gasteiger partial charge >= 0.3 is 0 Å². The van der Waals surface area contributed by atoms with E-state index < -0.39 is 0 Å². The Balaban J connectivity index is 1.58. The molecule has 0 aromatic carbocycles. The van der Waals surface area contributed by atoms with Gasteiger partial charge in [-0.3, -0.25) is 4.90 Å². The lowest BCUT2D eigenvalue weighted by molar-refractivity contribution is 0.167. The first kappa shape index (κ1) is 13.5. The fourth-order valence-electron chi connectivity index (χ4n) is 3.59. The summed E-state index contributed by atoms with van der Waals surface area (Å²) in [6.07, 6.45) is 6.96. The number of aromatic nitrogens is 1. The number of likely N-dealkylation sites (tertiary alicyclic amines) is 1. The molecule has 0 atom stereocenters. The molecule has 0 unspecified atom stereocenters. The van der Waals surface area contributed by atoms with Crippen LogP contribution >= 0.6 is 11.3 Å². The third-order valence-corrected chi connectivity index (χ3v) is 5.78. The molecule has 0 aliphatic carbocycles. The van der Waals surface area contributed by atoms with Gasteiger partial charge in [-0.1, -0.05) is 0 Å². The normalized spacial score (nSPS) is 24.5. The van der Waals surface area contributed by atoms with Gasteiger partial charge in [-0.25, -0.2) is 4.98 Å². The lowest BCUT2D eigenvalue weighted by atomic mass is 9.73. The number of thiazole rings is 1. The summed E-state index contributed by atoms with van der Waals surface area (Å²) in [7, 11) is 0. The second-order valence-electron chi connectivity index (χ2n) is 6.26. The van der Waals surface area contributed by atoms with Gasteiger partial charge in [0.1, 0.15) is 5.01 Å². The van der Waals surface area contributed by atoms with E-state index in [1.165, 1.54) is 69.0 Å². The van der Waals surface area contributed by atoms with E-state index in [0.29, 0.717) is 5.41 Å². The number of nitrogens with zero attached hydrogens (tertiary/aromatic N) is 2. The highest BCUT2D eigenvalue weighted by Gasteiger charge is 2.33. The second kappa shape index (κ2) is 5.90. The van der Waals surface area contributed by atoms with Crippen molar-refractivity contribution in [1.82, 2.24) is 15.2 Å². The summed E-state index contributed by atoms with van der Waals surface area (Å²) in [6.45, 7) is 8.13. The number of aryl methyl sites for hydroxylation is 1. The summed E-state index contributed by atoms with van der Waals surface area (Å²) in [6, 6.07) is 0. The van der Waals surface area contributed by atoms with Crippen LogP contribution < -0.4 is 5.32 Å². The Kier molecular flexibility index (Phi) is 4.20. The maximum absolute atomic E-state index is 4.61. The fraction of sp³-hybridized carbons (Fsp3) is 0.800. The van der Waals surface area contributed by atoms with Crippen LogP contribution in [0.1, 0.15) is 42.8 Å². The van der Waals surface area contributed by atoms with Gasteiger partial charge in [-0.2, -0.15) is 0 Å². The molecule has 1 aromatic rings. The molecule has 0 amide bonds. The first-order chi connectivity index (χ1) is 9.26. The molecule has 1 aromatic heterocycles. The van der Waals surface area contributed by atoms with E-state index in [9.17, 15) is 0 Å². The van der Waals surface area contributed by atoms with E-state index in [1.54, 1.807) is 0 Å². The summed E-state index contributed by atoms with van der Waals surface area (Å²) < 4.78 is 0. The average molecular weight is 279 g/mol. The van der Waals surface area contributed by atoms with Crippen molar-refractivity contribution in [2.24, 2.45) is 5.41 Å². The molecule has 0 radical (unpaired) electrons. The van der Waals surface area contributed by atoms with E-state index in [4.69, 9.17) is 0 Å². The molecule has 106 valence electrons. The molecule has 2 fully saturated rings. The second-order valence-corrected chi connectivity index (χ2v) is 7.20. The molecule has 2 saturated heterocycles. The van der Waals surface area contributed by atoms with Crippen molar-refractivity contribution in [3.05, 3.63) is 16.1 Å². The third kappa shape index (κ3) is 3.36. The molecular formula is C15H25N3S. The minimum Gasteiger partial charge on any atom is -0.317 e. The van der Waals surface area contributed by atoms with Gasteiger partial charge in [0.2, 0.25) is 0 Å². The molecule has 3 heterocycles. The first-order valence-electron chi connectivity index (χ1n) is 7.60. The number of nitrogens with one attached hydrogen (secondary N) is 1. The first-order valence-corrected chi connectivity index (χ1v) is 8.48. The molecule has 4 heteroatoms. The molecule has 0 bridgehead atoms. The summed E-state index contributed by atoms with van der Waals surface area (Å²) in [4.78, 5) is 7.23. The summed E-state index contributed by atoms with van der Waals surface area (Å²) in [5.74, 6) is 0. The molecule has 0 saturated carbocycles. The van der Waals surface area contributed by atoms with Crippen LogP contribution in [0.2, 0.25) is 0 Å². The van der Waals surface area contributed by atoms with Crippen LogP contribution in [0.3, 0.4) is 0 Å². The van der Waals surface area contributed by atoms with Crippen molar-refractivity contribution in [2.75, 3.05) is 26.2 Å². The van der Waals surface area contributed by atoms with Gasteiger partial charge in [0.15, 0.2) is 0 Å². The van der Waals surface area contributed by atoms with Crippen molar-refractivity contribution in [2.45, 2.75) is 45.6 Å². The van der Waals surface area contributed by atoms with Gasteiger partial charge in [-0.05, 0) is 70.6 Å². The number of rotatable bonds is 2. The number of piperidine rings is 1. The standard InChI is InChI=1S/C15H25N3S/c1-13-12-19-14(17-13)11-18-9-2-3-15(6-10-18)4-7-16-8-5-15/h12,16H,2-11H2,1H3. The van der Waals surface area contributed by atoms with Gasteiger partial charge < -0.3 is 5.32 Å². The molecule has 3 nitrogen and oxygen atoms in total. The van der Waals surface area contributed by atoms with E-state index in [2.05, 4.69) is 27.5 Å². The van der Waals surface area contributed by atoms with Crippen LogP contribution in [-0.4, -0.2) is 36.1 Å². The molecule has 1 N–H and O–H groups in total. The maximum atomic E-state index is 4.61. The number of hydrogen-bond donors (Lipinski definition) is 1. The largest absolute Gasteiger partial charge is 0.317 e. The van der Waals surface area contributed by atoms with Crippen molar-refractivity contribution in [1.29, 1.82) is 0 Å². The van der Waals surface area contributed by atoms with Gasteiger partial charge in [-0.15, -0.1) is 11.3 Å². The predicted molar refractivity (Wildman–Crippen MR) is 80.5 cm³/mol. The SMILES string of the molecule is Cc1csc(CN2CCCC3(CCNCC3)CC2)n1. The highest BCUT2D eigenvalue weighted by molar-refractivity contribution is 7.09. The summed E-state index contributed by atoms with van der Waals surface area (Å²) in [5, 5.41) is 6.97. The van der Waals surface area contributed by atoms with Crippen LogP contribution in [0.25, 0.3) is 0 Å². The average Bonchev–Trinajstić information content (AvgIpc) is 2.73. The zero-order valence-corrected chi connectivity index (χ0v) is 12.8. The molecule has 3 rings (SSSR count). The molecular weight excluding hydrogens is 254 g/mol. The Labute approximate surface area is 120 Å². The van der Waals surface area contributed by atoms with Crippen molar-refractivity contribution >= 4 is 11.3 Å². The highest BCUT2D eigenvalue weighted by Crippen LogP contribution is 2.39. The molecule has 2 aliphatic heterocycles. The van der Waals surface area contributed by atoms with Crippen molar-refractivity contribution in [3.8, 4) is 0 Å². The van der Waals surface area contributed by atoms with Crippen LogP contribution in [-0.2, 0) is 6.54 Å². The van der Waals surface area contributed by atoms with Crippen molar-refractivity contribution < 1.29 is 0 Å². The van der Waals surface area contributed by atoms with Gasteiger partial charge in [0.05, 0.1) is 6.54 Å². The Hall–Kier alpha value is -0.450. The fourth-order valence-corrected chi connectivity index (χ4v) is 4.40. The lowest BCUT2D eigenvalue weighted by Crippen LogP contribution is -2.37. The zero-order valence-electron chi connectivity index (χ0n) is 12.0. The Bertz CT molecular complexity index is 409. The van der Waals surface area contributed by atoms with Crippen LogP contribution in [0.15, 0.2) is 5.38 Å². The van der Waals surface area contributed by atoms with E-state index >= 15 is 0 Å². The minimum atomic E-state index is 0.652. The van der Waals surface area contributed by atoms with E-state index in [0.717, 1.165) is 6.54 Å². The summed E-state index contributed by atoms with van der Waals surface area (Å²) in [5.41, 5.74) is 1.82. The Morgan fingerprint density at radius 2 is 2.11 bits per heavy atom. The van der Waals surface area contributed by atoms with Crippen molar-refractivity contribution in [3.63, 3.8) is 0 Å². The van der Waals surface area contributed by atoms with Crippen LogP contribution in [0.4, 0.5) is 0 Å². The zero-order chi connectivity index (χ0) is 13.1. The number of hydrogen-bond acceptors (Lipinski definition) is 4. The van der Waals surface area contributed by atoms with E-state index in [-0.39, 0.29) is 0 Å². The van der Waals surface area contributed by atoms with Crippen LogP contribution in [0, 0.1) is 12.3 Å². The topological polar surface area (TPSA) is 28.2 Å². The van der Waals surface area contributed by atoms with Crippen LogP contribution in [0.5, 0.6) is 0 Å².